The lowest BCUT2D eigenvalue weighted by molar-refractivity contribution is 0.0868. The van der Waals surface area contributed by atoms with E-state index < -0.39 is 6.10 Å². The van der Waals surface area contributed by atoms with Crippen LogP contribution in [0.25, 0.3) is 5.69 Å². The Bertz CT molecular complexity index is 920. The van der Waals surface area contributed by atoms with E-state index in [2.05, 4.69) is 20.4 Å². The smallest absolute Gasteiger partial charge is 0.270 e. The summed E-state index contributed by atoms with van der Waals surface area (Å²) in [6.07, 6.45) is 9.61. The number of hydrogen-bond acceptors (Lipinski definition) is 5. The fourth-order valence-electron chi connectivity index (χ4n) is 3.68. The van der Waals surface area contributed by atoms with E-state index in [1.165, 1.54) is 0 Å². The minimum absolute atomic E-state index is 0.276. The molecule has 8 heteroatoms. The molecule has 0 radical (unpaired) electrons. The molecular formula is C19H22N6O2. The van der Waals surface area contributed by atoms with Crippen molar-refractivity contribution in [2.45, 2.75) is 38.5 Å². The van der Waals surface area contributed by atoms with Crippen LogP contribution in [0, 0.1) is 12.8 Å². The molecule has 3 aromatic rings. The third-order valence-corrected chi connectivity index (χ3v) is 5.03. The number of imidazole rings is 1. The van der Waals surface area contributed by atoms with Crippen molar-refractivity contribution in [3.8, 4) is 5.69 Å². The zero-order valence-electron chi connectivity index (χ0n) is 15.1. The summed E-state index contributed by atoms with van der Waals surface area (Å²) < 4.78 is 3.75. The van der Waals surface area contributed by atoms with Crippen LogP contribution in [0.3, 0.4) is 0 Å². The van der Waals surface area contributed by atoms with Crippen LogP contribution in [-0.2, 0) is 6.54 Å². The first-order chi connectivity index (χ1) is 13.1. The number of aromatic nitrogens is 5. The molecule has 2 N–H and O–H groups in total. The van der Waals surface area contributed by atoms with Gasteiger partial charge in [-0.2, -0.15) is 5.10 Å². The number of aliphatic hydroxyl groups excluding tert-OH is 1. The zero-order valence-corrected chi connectivity index (χ0v) is 15.1. The van der Waals surface area contributed by atoms with Gasteiger partial charge in [0, 0.05) is 37.5 Å². The van der Waals surface area contributed by atoms with Crippen LogP contribution in [0.15, 0.2) is 49.2 Å². The van der Waals surface area contributed by atoms with Crippen molar-refractivity contribution in [1.82, 2.24) is 29.6 Å². The van der Waals surface area contributed by atoms with Crippen molar-refractivity contribution < 1.29 is 9.90 Å². The minimum atomic E-state index is -0.561. The normalized spacial score (nSPS) is 22.1. The second kappa shape index (κ2) is 7.32. The van der Waals surface area contributed by atoms with Crippen molar-refractivity contribution in [2.24, 2.45) is 5.92 Å². The average molecular weight is 366 g/mol. The van der Waals surface area contributed by atoms with Gasteiger partial charge < -0.3 is 15.0 Å². The zero-order chi connectivity index (χ0) is 18.8. The number of carbonyl (C=O) groups is 1. The number of nitrogens with zero attached hydrogens (tertiary/aromatic N) is 5. The van der Waals surface area contributed by atoms with E-state index in [9.17, 15) is 9.90 Å². The Morgan fingerprint density at radius 1 is 1.26 bits per heavy atom. The van der Waals surface area contributed by atoms with E-state index >= 15 is 0 Å². The van der Waals surface area contributed by atoms with Gasteiger partial charge in [-0.05, 0) is 43.9 Å². The number of rotatable bonds is 5. The molecule has 1 saturated carbocycles. The Balaban J connectivity index is 1.42. The summed E-state index contributed by atoms with van der Waals surface area (Å²) >= 11 is 0. The molecule has 1 aliphatic carbocycles. The van der Waals surface area contributed by atoms with Gasteiger partial charge in [0.15, 0.2) is 0 Å². The largest absolute Gasteiger partial charge is 0.391 e. The Labute approximate surface area is 156 Å². The lowest BCUT2D eigenvalue weighted by atomic mass is 10.1. The van der Waals surface area contributed by atoms with Crippen LogP contribution in [0.4, 0.5) is 0 Å². The summed E-state index contributed by atoms with van der Waals surface area (Å²) in [7, 11) is 0. The van der Waals surface area contributed by atoms with Gasteiger partial charge in [-0.15, -0.1) is 0 Å². The topological polar surface area (TPSA) is 97.9 Å². The Hall–Kier alpha value is -3.00. The molecule has 0 spiro atoms. The standard InChI is InChI=1S/C19H22N6O2/c1-13-20-6-8-25(13)15-3-5-21-17(11-15)19(27)23-16-9-14(10-18(16)26)12-24-7-2-4-22-24/h2-8,11,14,16,18,26H,9-10,12H2,1H3,(H,23,27)/t14?,16-,18-/m1/s1. The highest BCUT2D eigenvalue weighted by molar-refractivity contribution is 5.93. The third-order valence-electron chi connectivity index (χ3n) is 5.03. The number of aryl methyl sites for hydroxylation is 1. The van der Waals surface area contributed by atoms with E-state index in [1.54, 1.807) is 24.7 Å². The molecule has 0 aromatic carbocycles. The number of hydrogen-bond donors (Lipinski definition) is 2. The van der Waals surface area contributed by atoms with Crippen LogP contribution < -0.4 is 5.32 Å². The summed E-state index contributed by atoms with van der Waals surface area (Å²) in [5.41, 5.74) is 1.15. The van der Waals surface area contributed by atoms with Gasteiger partial charge in [-0.1, -0.05) is 0 Å². The summed E-state index contributed by atoms with van der Waals surface area (Å²) in [5.74, 6) is 0.830. The van der Waals surface area contributed by atoms with Gasteiger partial charge >= 0.3 is 0 Å². The maximum Gasteiger partial charge on any atom is 0.270 e. The lowest BCUT2D eigenvalue weighted by Crippen LogP contribution is -2.40. The van der Waals surface area contributed by atoms with Crippen molar-refractivity contribution in [3.05, 3.63) is 60.7 Å². The molecule has 3 heterocycles. The van der Waals surface area contributed by atoms with E-state index in [0.717, 1.165) is 18.1 Å². The molecular weight excluding hydrogens is 344 g/mol. The number of carbonyl (C=O) groups excluding carboxylic acids is 1. The molecule has 1 fully saturated rings. The highest BCUT2D eigenvalue weighted by Gasteiger charge is 2.34. The van der Waals surface area contributed by atoms with E-state index in [-0.39, 0.29) is 17.9 Å². The van der Waals surface area contributed by atoms with Crippen LogP contribution in [0.5, 0.6) is 0 Å². The van der Waals surface area contributed by atoms with Gasteiger partial charge in [-0.3, -0.25) is 14.5 Å². The lowest BCUT2D eigenvalue weighted by Gasteiger charge is -2.16. The molecule has 140 valence electrons. The number of aliphatic hydroxyl groups is 1. The van der Waals surface area contributed by atoms with Crippen LogP contribution in [0.1, 0.15) is 29.2 Å². The van der Waals surface area contributed by atoms with Crippen molar-refractivity contribution >= 4 is 5.91 Å². The molecule has 0 saturated heterocycles. The minimum Gasteiger partial charge on any atom is -0.391 e. The monoisotopic (exact) mass is 366 g/mol. The van der Waals surface area contributed by atoms with Crippen molar-refractivity contribution in [2.75, 3.05) is 0 Å². The molecule has 3 atom stereocenters. The number of amides is 1. The summed E-state index contributed by atoms with van der Waals surface area (Å²) in [4.78, 5) is 21.0. The van der Waals surface area contributed by atoms with Gasteiger partial charge in [-0.25, -0.2) is 4.98 Å². The van der Waals surface area contributed by atoms with Gasteiger partial charge in [0.1, 0.15) is 11.5 Å². The summed E-state index contributed by atoms with van der Waals surface area (Å²) in [6.45, 7) is 2.64. The fourth-order valence-corrected chi connectivity index (χ4v) is 3.68. The third kappa shape index (κ3) is 3.75. The Kier molecular flexibility index (Phi) is 4.72. The van der Waals surface area contributed by atoms with Gasteiger partial charge in [0.2, 0.25) is 0 Å². The predicted octanol–water partition coefficient (Wildman–Crippen LogP) is 1.34. The van der Waals surface area contributed by atoms with Crippen molar-refractivity contribution in [1.29, 1.82) is 0 Å². The van der Waals surface area contributed by atoms with Crippen LogP contribution in [0.2, 0.25) is 0 Å². The first-order valence-electron chi connectivity index (χ1n) is 9.03. The van der Waals surface area contributed by atoms with E-state index in [1.807, 2.05) is 40.7 Å². The molecule has 0 aliphatic heterocycles. The first-order valence-corrected chi connectivity index (χ1v) is 9.03. The predicted molar refractivity (Wildman–Crippen MR) is 98.3 cm³/mol. The molecule has 0 bridgehead atoms. The van der Waals surface area contributed by atoms with Crippen LogP contribution in [-0.4, -0.2) is 47.5 Å². The Morgan fingerprint density at radius 2 is 2.15 bits per heavy atom. The fraction of sp³-hybridized carbons (Fsp3) is 0.368. The number of pyridine rings is 1. The molecule has 27 heavy (non-hydrogen) atoms. The Morgan fingerprint density at radius 3 is 2.89 bits per heavy atom. The van der Waals surface area contributed by atoms with E-state index in [4.69, 9.17) is 0 Å². The maximum absolute atomic E-state index is 12.6. The van der Waals surface area contributed by atoms with Crippen LogP contribution >= 0.6 is 0 Å². The van der Waals surface area contributed by atoms with Gasteiger partial charge in [0.05, 0.1) is 17.8 Å². The highest BCUT2D eigenvalue weighted by atomic mass is 16.3. The summed E-state index contributed by atoms with van der Waals surface area (Å²) in [5, 5.41) is 17.5. The van der Waals surface area contributed by atoms with E-state index in [0.29, 0.717) is 18.5 Å². The molecule has 1 unspecified atom stereocenters. The second-order valence-corrected chi connectivity index (χ2v) is 6.96. The molecule has 1 amide bonds. The first kappa shape index (κ1) is 17.4. The summed E-state index contributed by atoms with van der Waals surface area (Å²) in [6, 6.07) is 5.16. The van der Waals surface area contributed by atoms with Crippen molar-refractivity contribution in [3.63, 3.8) is 0 Å². The average Bonchev–Trinajstić information content (AvgIpc) is 3.39. The highest BCUT2D eigenvalue weighted by Crippen LogP contribution is 2.27. The molecule has 3 aromatic heterocycles. The number of nitrogens with one attached hydrogen (secondary N) is 1. The SMILES string of the molecule is Cc1nccn1-c1ccnc(C(=O)N[C@@H]2CC(Cn3cccn3)C[C@H]2O)c1. The molecule has 1 aliphatic rings. The van der Waals surface area contributed by atoms with Gasteiger partial charge in [0.25, 0.3) is 5.91 Å². The quantitative estimate of drug-likeness (QED) is 0.710. The maximum atomic E-state index is 12.6. The second-order valence-electron chi connectivity index (χ2n) is 6.96. The molecule has 8 nitrogen and oxygen atoms in total. The molecule has 4 rings (SSSR count).